The Morgan fingerprint density at radius 1 is 1.32 bits per heavy atom. The van der Waals surface area contributed by atoms with Crippen molar-refractivity contribution >= 4 is 0 Å². The molecule has 1 unspecified atom stereocenters. The summed E-state index contributed by atoms with van der Waals surface area (Å²) in [7, 11) is 0. The highest BCUT2D eigenvalue weighted by Gasteiger charge is 2.06. The maximum atomic E-state index is 9.24. The highest BCUT2D eigenvalue weighted by atomic mass is 16.3. The number of aromatic nitrogens is 3. The van der Waals surface area contributed by atoms with E-state index in [-0.39, 0.29) is 0 Å². The van der Waals surface area contributed by atoms with Crippen LogP contribution in [0, 0.1) is 0 Å². The molecule has 0 bridgehead atoms. The van der Waals surface area contributed by atoms with E-state index < -0.39 is 0 Å². The third-order valence-electron chi connectivity index (χ3n) is 3.12. The van der Waals surface area contributed by atoms with Gasteiger partial charge < -0.3 is 15.0 Å². The summed E-state index contributed by atoms with van der Waals surface area (Å²) < 4.78 is 2.03. The molecular weight excluding hydrogens is 240 g/mol. The number of phenols is 1. The van der Waals surface area contributed by atoms with Gasteiger partial charge in [-0.1, -0.05) is 12.1 Å². The van der Waals surface area contributed by atoms with E-state index in [9.17, 15) is 5.11 Å². The Balaban J connectivity index is 1.84. The van der Waals surface area contributed by atoms with Gasteiger partial charge in [-0.15, -0.1) is 10.2 Å². The quantitative estimate of drug-likeness (QED) is 0.830. The molecule has 0 aliphatic rings. The van der Waals surface area contributed by atoms with Crippen molar-refractivity contribution in [2.24, 2.45) is 0 Å². The minimum Gasteiger partial charge on any atom is -0.508 e. The number of aryl methyl sites for hydroxylation is 1. The zero-order valence-corrected chi connectivity index (χ0v) is 11.4. The fourth-order valence-electron chi connectivity index (χ4n) is 2.00. The van der Waals surface area contributed by atoms with E-state index in [2.05, 4.69) is 29.4 Å². The smallest absolute Gasteiger partial charge is 0.146 e. The largest absolute Gasteiger partial charge is 0.508 e. The number of rotatable bonds is 6. The fourth-order valence-corrected chi connectivity index (χ4v) is 2.00. The maximum Gasteiger partial charge on any atom is 0.146 e. The molecule has 0 saturated heterocycles. The van der Waals surface area contributed by atoms with Gasteiger partial charge in [-0.05, 0) is 38.0 Å². The molecule has 102 valence electrons. The Kier molecular flexibility index (Phi) is 4.52. The Labute approximate surface area is 113 Å². The van der Waals surface area contributed by atoms with Crippen molar-refractivity contribution in [1.82, 2.24) is 20.1 Å². The average molecular weight is 260 g/mol. The van der Waals surface area contributed by atoms with Crippen molar-refractivity contribution in [3.05, 3.63) is 42.0 Å². The molecule has 2 N–H and O–H groups in total. The molecular formula is C14H20N4O. The van der Waals surface area contributed by atoms with E-state index in [1.165, 1.54) is 5.56 Å². The van der Waals surface area contributed by atoms with E-state index in [4.69, 9.17) is 0 Å². The zero-order chi connectivity index (χ0) is 13.7. The molecule has 19 heavy (non-hydrogen) atoms. The van der Waals surface area contributed by atoms with Gasteiger partial charge in [-0.2, -0.15) is 0 Å². The van der Waals surface area contributed by atoms with Crippen molar-refractivity contribution in [2.75, 3.05) is 0 Å². The molecule has 5 nitrogen and oxygen atoms in total. The zero-order valence-electron chi connectivity index (χ0n) is 11.4. The van der Waals surface area contributed by atoms with Crippen LogP contribution in [0.1, 0.15) is 25.2 Å². The Morgan fingerprint density at radius 2 is 2.05 bits per heavy atom. The average Bonchev–Trinajstić information content (AvgIpc) is 2.86. The van der Waals surface area contributed by atoms with Crippen molar-refractivity contribution in [1.29, 1.82) is 0 Å². The van der Waals surface area contributed by atoms with Gasteiger partial charge in [0.15, 0.2) is 0 Å². The van der Waals surface area contributed by atoms with Crippen LogP contribution in [-0.4, -0.2) is 25.9 Å². The molecule has 1 atom stereocenters. The second-order valence-corrected chi connectivity index (χ2v) is 4.69. The summed E-state index contributed by atoms with van der Waals surface area (Å²) in [5, 5.41) is 20.7. The summed E-state index contributed by atoms with van der Waals surface area (Å²) >= 11 is 0. The van der Waals surface area contributed by atoms with Crippen LogP contribution in [0.25, 0.3) is 0 Å². The van der Waals surface area contributed by atoms with Crippen LogP contribution in [0.2, 0.25) is 0 Å². The maximum absolute atomic E-state index is 9.24. The van der Waals surface area contributed by atoms with Crippen molar-refractivity contribution in [2.45, 2.75) is 39.4 Å². The molecule has 5 heteroatoms. The van der Waals surface area contributed by atoms with Crippen LogP contribution < -0.4 is 5.32 Å². The minimum atomic E-state index is 0.306. The van der Waals surface area contributed by atoms with Gasteiger partial charge in [-0.25, -0.2) is 0 Å². The second-order valence-electron chi connectivity index (χ2n) is 4.69. The summed E-state index contributed by atoms with van der Waals surface area (Å²) in [4.78, 5) is 0. The predicted octanol–water partition coefficient (Wildman–Crippen LogP) is 1.72. The van der Waals surface area contributed by atoms with Gasteiger partial charge in [0.1, 0.15) is 17.9 Å². The van der Waals surface area contributed by atoms with Crippen molar-refractivity contribution < 1.29 is 5.11 Å². The lowest BCUT2D eigenvalue weighted by molar-refractivity contribution is 0.474. The van der Waals surface area contributed by atoms with Gasteiger partial charge in [0, 0.05) is 12.6 Å². The van der Waals surface area contributed by atoms with Crippen molar-refractivity contribution in [3.8, 4) is 5.75 Å². The molecule has 0 spiro atoms. The first-order valence-corrected chi connectivity index (χ1v) is 6.57. The van der Waals surface area contributed by atoms with Gasteiger partial charge in [0.2, 0.25) is 0 Å². The first-order chi connectivity index (χ1) is 9.19. The molecule has 0 aliphatic carbocycles. The molecule has 0 fully saturated rings. The summed E-state index contributed by atoms with van der Waals surface area (Å²) in [5.74, 6) is 1.26. The lowest BCUT2D eigenvalue weighted by Crippen LogP contribution is -2.28. The standard InChI is InChI=1S/C14H20N4O/c1-3-18-10-16-17-14(18)9-15-11(2)8-12-4-6-13(19)7-5-12/h4-7,10-11,15,19H,3,8-9H2,1-2H3. The topological polar surface area (TPSA) is 63.0 Å². The highest BCUT2D eigenvalue weighted by Crippen LogP contribution is 2.11. The molecule has 0 aliphatic heterocycles. The van der Waals surface area contributed by atoms with E-state index >= 15 is 0 Å². The number of nitrogens with one attached hydrogen (secondary N) is 1. The van der Waals surface area contributed by atoms with Gasteiger partial charge in [-0.3, -0.25) is 0 Å². The molecule has 1 aromatic carbocycles. The number of benzene rings is 1. The Hall–Kier alpha value is -1.88. The van der Waals surface area contributed by atoms with Crippen LogP contribution >= 0.6 is 0 Å². The fraction of sp³-hybridized carbons (Fsp3) is 0.429. The molecule has 0 saturated carbocycles. The molecule has 1 aromatic heterocycles. The third kappa shape index (κ3) is 3.79. The van der Waals surface area contributed by atoms with Gasteiger partial charge in [0.05, 0.1) is 6.54 Å². The minimum absolute atomic E-state index is 0.306. The second kappa shape index (κ2) is 6.33. The predicted molar refractivity (Wildman–Crippen MR) is 73.8 cm³/mol. The monoisotopic (exact) mass is 260 g/mol. The number of hydrogen-bond donors (Lipinski definition) is 2. The molecule has 0 amide bonds. The van der Waals surface area contributed by atoms with Crippen LogP contribution in [0.4, 0.5) is 0 Å². The summed E-state index contributed by atoms with van der Waals surface area (Å²) in [6, 6.07) is 7.67. The molecule has 0 radical (unpaired) electrons. The molecule has 1 heterocycles. The van der Waals surface area contributed by atoms with Crippen LogP contribution in [0.3, 0.4) is 0 Å². The summed E-state index contributed by atoms with van der Waals surface area (Å²) in [6.45, 7) is 5.82. The van der Waals surface area contributed by atoms with Gasteiger partial charge in [0.25, 0.3) is 0 Å². The first kappa shape index (κ1) is 13.5. The first-order valence-electron chi connectivity index (χ1n) is 6.57. The SMILES string of the molecule is CCn1cnnc1CNC(C)Cc1ccc(O)cc1. The number of phenolic OH excluding ortho intramolecular Hbond substituents is 1. The normalized spacial score (nSPS) is 12.5. The van der Waals surface area contributed by atoms with E-state index in [1.54, 1.807) is 18.5 Å². The Morgan fingerprint density at radius 3 is 2.74 bits per heavy atom. The summed E-state index contributed by atoms with van der Waals surface area (Å²) in [5.41, 5.74) is 1.20. The lowest BCUT2D eigenvalue weighted by Gasteiger charge is -2.14. The van der Waals surface area contributed by atoms with Crippen LogP contribution in [-0.2, 0) is 19.5 Å². The molecule has 2 rings (SSSR count). The Bertz CT molecular complexity index is 506. The van der Waals surface area contributed by atoms with E-state index in [0.717, 1.165) is 18.8 Å². The number of aromatic hydroxyl groups is 1. The number of hydrogen-bond acceptors (Lipinski definition) is 4. The van der Waals surface area contributed by atoms with Crippen molar-refractivity contribution in [3.63, 3.8) is 0 Å². The summed E-state index contributed by atoms with van der Waals surface area (Å²) in [6.07, 6.45) is 2.67. The third-order valence-corrected chi connectivity index (χ3v) is 3.12. The van der Waals surface area contributed by atoms with Crippen LogP contribution in [0.5, 0.6) is 5.75 Å². The highest BCUT2D eigenvalue weighted by molar-refractivity contribution is 5.26. The van der Waals surface area contributed by atoms with E-state index in [0.29, 0.717) is 18.3 Å². The van der Waals surface area contributed by atoms with E-state index in [1.807, 2.05) is 16.7 Å². The number of nitrogens with zero attached hydrogens (tertiary/aromatic N) is 3. The lowest BCUT2D eigenvalue weighted by atomic mass is 10.1. The van der Waals surface area contributed by atoms with Crippen LogP contribution in [0.15, 0.2) is 30.6 Å². The van der Waals surface area contributed by atoms with Gasteiger partial charge >= 0.3 is 0 Å². The molecule has 2 aromatic rings.